The second kappa shape index (κ2) is 7.19. The van der Waals surface area contributed by atoms with Crippen LogP contribution in [-0.2, 0) is 9.84 Å². The number of sulfone groups is 1. The van der Waals surface area contributed by atoms with E-state index in [9.17, 15) is 8.42 Å². The van der Waals surface area contributed by atoms with Crippen LogP contribution >= 0.6 is 12.2 Å². The van der Waals surface area contributed by atoms with E-state index >= 15 is 0 Å². The van der Waals surface area contributed by atoms with Gasteiger partial charge in [-0.1, -0.05) is 18.2 Å². The zero-order chi connectivity index (χ0) is 17.0. The van der Waals surface area contributed by atoms with Gasteiger partial charge in [0.2, 0.25) is 0 Å². The molecule has 0 aromatic heterocycles. The van der Waals surface area contributed by atoms with Crippen LogP contribution in [0.1, 0.15) is 6.42 Å². The van der Waals surface area contributed by atoms with Crippen LogP contribution in [0, 0.1) is 0 Å². The van der Waals surface area contributed by atoms with Crippen LogP contribution in [-0.4, -0.2) is 31.1 Å². The third-order valence-corrected chi connectivity index (χ3v) is 5.65. The first-order valence-electron chi connectivity index (χ1n) is 7.61. The van der Waals surface area contributed by atoms with Crippen LogP contribution in [0.5, 0.6) is 11.5 Å². The van der Waals surface area contributed by atoms with Crippen molar-refractivity contribution in [2.24, 2.45) is 0 Å². The predicted octanol–water partition coefficient (Wildman–Crippen LogP) is 2.95. The Morgan fingerprint density at radius 2 is 1.71 bits per heavy atom. The maximum absolute atomic E-state index is 11.5. The van der Waals surface area contributed by atoms with Gasteiger partial charge >= 0.3 is 0 Å². The lowest BCUT2D eigenvalue weighted by atomic mass is 10.2. The first-order chi connectivity index (χ1) is 11.5. The van der Waals surface area contributed by atoms with E-state index < -0.39 is 9.84 Å². The van der Waals surface area contributed by atoms with Crippen molar-refractivity contribution in [2.45, 2.75) is 12.5 Å². The molecule has 126 valence electrons. The minimum Gasteiger partial charge on any atom is -0.457 e. The van der Waals surface area contributed by atoms with Crippen molar-refractivity contribution in [3.63, 3.8) is 0 Å². The van der Waals surface area contributed by atoms with E-state index in [1.165, 1.54) is 0 Å². The average Bonchev–Trinajstić information content (AvgIpc) is 2.89. The van der Waals surface area contributed by atoms with Crippen LogP contribution in [0.15, 0.2) is 54.6 Å². The van der Waals surface area contributed by atoms with Gasteiger partial charge in [0.15, 0.2) is 14.9 Å². The minimum atomic E-state index is -2.92. The number of hydrogen-bond acceptors (Lipinski definition) is 4. The lowest BCUT2D eigenvalue weighted by Crippen LogP contribution is -2.38. The molecule has 2 N–H and O–H groups in total. The molecule has 1 saturated heterocycles. The molecule has 24 heavy (non-hydrogen) atoms. The van der Waals surface area contributed by atoms with Gasteiger partial charge in [-0.2, -0.15) is 0 Å². The van der Waals surface area contributed by atoms with Crippen LogP contribution in [0.25, 0.3) is 0 Å². The van der Waals surface area contributed by atoms with Gasteiger partial charge in [0.1, 0.15) is 11.5 Å². The van der Waals surface area contributed by atoms with Crippen molar-refractivity contribution < 1.29 is 13.2 Å². The number of thiocarbonyl (C=S) groups is 1. The molecule has 0 amide bonds. The molecule has 1 fully saturated rings. The van der Waals surface area contributed by atoms with Gasteiger partial charge in [-0.25, -0.2) is 8.42 Å². The monoisotopic (exact) mass is 362 g/mol. The lowest BCUT2D eigenvalue weighted by Gasteiger charge is -2.15. The molecule has 1 unspecified atom stereocenters. The van der Waals surface area contributed by atoms with Crippen molar-refractivity contribution in [1.82, 2.24) is 5.32 Å². The predicted molar refractivity (Wildman–Crippen MR) is 99.4 cm³/mol. The third kappa shape index (κ3) is 4.69. The highest BCUT2D eigenvalue weighted by atomic mass is 32.2. The number of benzene rings is 2. The van der Waals surface area contributed by atoms with E-state index in [4.69, 9.17) is 17.0 Å². The molecular weight excluding hydrogens is 344 g/mol. The Labute approximate surface area is 147 Å². The molecular formula is C17H18N2O3S2. The van der Waals surface area contributed by atoms with E-state index in [-0.39, 0.29) is 17.5 Å². The number of nitrogens with one attached hydrogen (secondary N) is 2. The molecule has 0 saturated carbocycles. The van der Waals surface area contributed by atoms with Gasteiger partial charge in [0.25, 0.3) is 0 Å². The number of hydrogen-bond donors (Lipinski definition) is 2. The molecule has 0 aliphatic carbocycles. The molecule has 0 spiro atoms. The van der Waals surface area contributed by atoms with Gasteiger partial charge in [0, 0.05) is 11.7 Å². The molecule has 1 atom stereocenters. The fraction of sp³-hybridized carbons (Fsp3) is 0.235. The van der Waals surface area contributed by atoms with E-state index in [0.717, 1.165) is 17.2 Å². The Bertz CT molecular complexity index is 805. The maximum atomic E-state index is 11.5. The number of rotatable bonds is 4. The van der Waals surface area contributed by atoms with E-state index in [2.05, 4.69) is 10.6 Å². The molecule has 0 bridgehead atoms. The van der Waals surface area contributed by atoms with E-state index in [0.29, 0.717) is 11.5 Å². The van der Waals surface area contributed by atoms with Crippen LogP contribution in [0.4, 0.5) is 5.69 Å². The quantitative estimate of drug-likeness (QED) is 0.815. The second-order valence-electron chi connectivity index (χ2n) is 5.64. The zero-order valence-corrected chi connectivity index (χ0v) is 14.6. The smallest absolute Gasteiger partial charge is 0.171 e. The highest BCUT2D eigenvalue weighted by Crippen LogP contribution is 2.22. The summed E-state index contributed by atoms with van der Waals surface area (Å²) in [4.78, 5) is 0. The van der Waals surface area contributed by atoms with Gasteiger partial charge in [0.05, 0.1) is 11.5 Å². The van der Waals surface area contributed by atoms with Gasteiger partial charge in [-0.05, 0) is 55.0 Å². The molecule has 1 aliphatic rings. The summed E-state index contributed by atoms with van der Waals surface area (Å²) in [5.74, 6) is 1.86. The highest BCUT2D eigenvalue weighted by Gasteiger charge is 2.28. The Morgan fingerprint density at radius 3 is 2.33 bits per heavy atom. The van der Waals surface area contributed by atoms with Crippen molar-refractivity contribution in [3.8, 4) is 11.5 Å². The van der Waals surface area contributed by atoms with Gasteiger partial charge < -0.3 is 15.4 Å². The summed E-state index contributed by atoms with van der Waals surface area (Å²) < 4.78 is 28.6. The van der Waals surface area contributed by atoms with E-state index in [1.54, 1.807) is 0 Å². The summed E-state index contributed by atoms with van der Waals surface area (Å²) in [5, 5.41) is 6.53. The Balaban J connectivity index is 1.53. The van der Waals surface area contributed by atoms with Crippen molar-refractivity contribution >= 4 is 32.9 Å². The summed E-state index contributed by atoms with van der Waals surface area (Å²) in [5.41, 5.74) is 0.814. The molecule has 1 aliphatic heterocycles. The first kappa shape index (κ1) is 16.7. The minimum absolute atomic E-state index is 0.115. The Kier molecular flexibility index (Phi) is 5.01. The molecule has 3 rings (SSSR count). The number of anilines is 1. The summed E-state index contributed by atoms with van der Waals surface area (Å²) in [7, 11) is -2.92. The number of ether oxygens (including phenoxy) is 1. The molecule has 2 aromatic carbocycles. The van der Waals surface area contributed by atoms with Crippen molar-refractivity contribution in [1.29, 1.82) is 0 Å². The van der Waals surface area contributed by atoms with Crippen LogP contribution < -0.4 is 15.4 Å². The summed E-state index contributed by atoms with van der Waals surface area (Å²) in [6, 6.07) is 16.8. The molecule has 7 heteroatoms. The zero-order valence-electron chi connectivity index (χ0n) is 12.9. The highest BCUT2D eigenvalue weighted by molar-refractivity contribution is 7.91. The van der Waals surface area contributed by atoms with Crippen molar-refractivity contribution in [3.05, 3.63) is 54.6 Å². The Hall–Kier alpha value is -2.12. The topological polar surface area (TPSA) is 67.4 Å². The number of para-hydroxylation sites is 1. The van der Waals surface area contributed by atoms with Gasteiger partial charge in [-0.15, -0.1) is 0 Å². The summed E-state index contributed by atoms with van der Waals surface area (Å²) >= 11 is 5.24. The fourth-order valence-electron chi connectivity index (χ4n) is 2.49. The fourth-order valence-corrected chi connectivity index (χ4v) is 4.45. The SMILES string of the molecule is O=S1(=O)CCC(NC(=S)Nc2ccc(Oc3ccccc3)cc2)C1. The van der Waals surface area contributed by atoms with Crippen LogP contribution in [0.3, 0.4) is 0 Å². The summed E-state index contributed by atoms with van der Waals surface area (Å²) in [6.45, 7) is 0. The van der Waals surface area contributed by atoms with Crippen LogP contribution in [0.2, 0.25) is 0 Å². The largest absolute Gasteiger partial charge is 0.457 e. The van der Waals surface area contributed by atoms with Gasteiger partial charge in [-0.3, -0.25) is 0 Å². The lowest BCUT2D eigenvalue weighted by molar-refractivity contribution is 0.483. The second-order valence-corrected chi connectivity index (χ2v) is 8.27. The molecule has 1 heterocycles. The maximum Gasteiger partial charge on any atom is 0.171 e. The normalized spacial score (nSPS) is 18.8. The molecule has 0 radical (unpaired) electrons. The first-order valence-corrected chi connectivity index (χ1v) is 9.84. The third-order valence-electron chi connectivity index (χ3n) is 3.66. The molecule has 2 aromatic rings. The molecule has 5 nitrogen and oxygen atoms in total. The summed E-state index contributed by atoms with van der Waals surface area (Å²) in [6.07, 6.45) is 0.591. The standard InChI is InChI=1S/C17H18N2O3S2/c20-24(21)11-10-14(12-24)19-17(23)18-13-6-8-16(9-7-13)22-15-4-2-1-3-5-15/h1-9,14H,10-12H2,(H2,18,19,23). The van der Waals surface area contributed by atoms with E-state index in [1.807, 2.05) is 54.6 Å². The van der Waals surface area contributed by atoms with Crippen molar-refractivity contribution in [2.75, 3.05) is 16.8 Å². The Morgan fingerprint density at radius 1 is 1.04 bits per heavy atom. The average molecular weight is 362 g/mol.